The Labute approximate surface area is 128 Å². The van der Waals surface area contributed by atoms with Gasteiger partial charge in [0.15, 0.2) is 0 Å². The van der Waals surface area contributed by atoms with Crippen LogP contribution in [0.5, 0.6) is 5.75 Å². The largest absolute Gasteiger partial charge is 0.496 e. The van der Waals surface area contributed by atoms with Gasteiger partial charge >= 0.3 is 0 Å². The van der Waals surface area contributed by atoms with Crippen LogP contribution in [0.15, 0.2) is 42.5 Å². The molecule has 2 rings (SSSR count). The molecule has 0 heterocycles. The first-order valence-electron chi connectivity index (χ1n) is 7.48. The molecule has 2 aromatic rings. The highest BCUT2D eigenvalue weighted by atomic mass is 16.5. The van der Waals surface area contributed by atoms with E-state index in [1.807, 2.05) is 0 Å². The smallest absolute Gasteiger partial charge is 0.123 e. The summed E-state index contributed by atoms with van der Waals surface area (Å²) in [7, 11) is 1.73. The van der Waals surface area contributed by atoms with Crippen LogP contribution in [-0.2, 0) is 0 Å². The molecule has 0 aliphatic heterocycles. The van der Waals surface area contributed by atoms with Crippen LogP contribution in [0, 0.1) is 13.8 Å². The zero-order chi connectivity index (χ0) is 15.4. The van der Waals surface area contributed by atoms with Crippen LogP contribution in [0.1, 0.15) is 48.2 Å². The molecule has 1 N–H and O–H groups in total. The van der Waals surface area contributed by atoms with E-state index in [0.29, 0.717) is 6.04 Å². The summed E-state index contributed by atoms with van der Waals surface area (Å²) in [5.74, 6) is 0.950. The first-order chi connectivity index (χ1) is 10.0. The number of ether oxygens (including phenoxy) is 1. The van der Waals surface area contributed by atoms with Crippen LogP contribution in [0.2, 0.25) is 0 Å². The normalized spacial score (nSPS) is 13.8. The van der Waals surface area contributed by atoms with E-state index in [2.05, 4.69) is 75.5 Å². The third-order valence-corrected chi connectivity index (χ3v) is 3.93. The summed E-state index contributed by atoms with van der Waals surface area (Å²) < 4.78 is 5.51. The van der Waals surface area contributed by atoms with E-state index in [-0.39, 0.29) is 6.04 Å². The Morgan fingerprint density at radius 1 is 0.857 bits per heavy atom. The maximum atomic E-state index is 5.51. The highest BCUT2D eigenvalue weighted by Crippen LogP contribution is 2.28. The lowest BCUT2D eigenvalue weighted by Crippen LogP contribution is -2.23. The quantitative estimate of drug-likeness (QED) is 0.857. The van der Waals surface area contributed by atoms with Gasteiger partial charge in [-0.05, 0) is 44.9 Å². The van der Waals surface area contributed by atoms with Crippen LogP contribution < -0.4 is 10.1 Å². The second kappa shape index (κ2) is 6.77. The number of aryl methyl sites for hydroxylation is 2. The number of benzene rings is 2. The number of methoxy groups -OCH3 is 1. The molecule has 0 spiro atoms. The van der Waals surface area contributed by atoms with Gasteiger partial charge in [0.05, 0.1) is 7.11 Å². The van der Waals surface area contributed by atoms with Crippen molar-refractivity contribution < 1.29 is 4.74 Å². The molecule has 0 aliphatic rings. The number of rotatable bonds is 5. The molecular weight excluding hydrogens is 258 g/mol. The molecule has 2 heteroatoms. The topological polar surface area (TPSA) is 21.3 Å². The van der Waals surface area contributed by atoms with Gasteiger partial charge in [-0.25, -0.2) is 0 Å². The molecule has 2 aromatic carbocycles. The van der Waals surface area contributed by atoms with Crippen molar-refractivity contribution in [3.63, 3.8) is 0 Å². The number of nitrogens with one attached hydrogen (secondary N) is 1. The van der Waals surface area contributed by atoms with Crippen molar-refractivity contribution in [1.29, 1.82) is 0 Å². The maximum Gasteiger partial charge on any atom is 0.123 e. The minimum absolute atomic E-state index is 0.233. The molecule has 112 valence electrons. The van der Waals surface area contributed by atoms with Crippen molar-refractivity contribution in [2.24, 2.45) is 0 Å². The lowest BCUT2D eigenvalue weighted by atomic mass is 10.0. The minimum atomic E-state index is 0.233. The Morgan fingerprint density at radius 3 is 2.10 bits per heavy atom. The molecular formula is C19H25NO. The van der Waals surface area contributed by atoms with Crippen LogP contribution in [0.4, 0.5) is 0 Å². The Bertz CT molecular complexity index is 589. The monoisotopic (exact) mass is 283 g/mol. The van der Waals surface area contributed by atoms with E-state index in [1.54, 1.807) is 7.11 Å². The van der Waals surface area contributed by atoms with Gasteiger partial charge < -0.3 is 10.1 Å². The maximum absolute atomic E-state index is 5.51. The van der Waals surface area contributed by atoms with Gasteiger partial charge in [-0.15, -0.1) is 0 Å². The SMILES string of the molecule is COc1cc(C)ccc1C(C)N[C@H](C)c1ccc(C)cc1. The standard InChI is InChI=1S/C19H25NO/c1-13-6-9-17(10-7-13)15(3)20-16(4)18-11-8-14(2)12-19(18)21-5/h6-12,15-16,20H,1-5H3/t15-,16?/m1/s1. The first-order valence-corrected chi connectivity index (χ1v) is 7.48. The molecule has 0 amide bonds. The van der Waals surface area contributed by atoms with Crippen molar-refractivity contribution in [3.8, 4) is 5.75 Å². The van der Waals surface area contributed by atoms with E-state index in [9.17, 15) is 0 Å². The number of hydrogen-bond donors (Lipinski definition) is 1. The summed E-state index contributed by atoms with van der Waals surface area (Å²) in [5, 5.41) is 3.65. The average Bonchev–Trinajstić information content (AvgIpc) is 2.47. The van der Waals surface area contributed by atoms with Crippen LogP contribution in [-0.4, -0.2) is 7.11 Å². The predicted octanol–water partition coefficient (Wildman–Crippen LogP) is 4.72. The second-order valence-corrected chi connectivity index (χ2v) is 5.77. The molecule has 0 saturated heterocycles. The Balaban J connectivity index is 2.13. The van der Waals surface area contributed by atoms with Crippen molar-refractivity contribution in [2.45, 2.75) is 39.8 Å². The summed E-state index contributed by atoms with van der Waals surface area (Å²) in [6.07, 6.45) is 0. The van der Waals surface area contributed by atoms with Gasteiger partial charge in [-0.2, -0.15) is 0 Å². The highest BCUT2D eigenvalue weighted by molar-refractivity contribution is 5.39. The zero-order valence-corrected chi connectivity index (χ0v) is 13.6. The Kier molecular flexibility index (Phi) is 5.03. The molecule has 0 aromatic heterocycles. The van der Waals surface area contributed by atoms with Crippen LogP contribution >= 0.6 is 0 Å². The fourth-order valence-corrected chi connectivity index (χ4v) is 2.59. The Morgan fingerprint density at radius 2 is 1.48 bits per heavy atom. The molecule has 2 nitrogen and oxygen atoms in total. The van der Waals surface area contributed by atoms with Crippen molar-refractivity contribution in [1.82, 2.24) is 5.32 Å². The summed E-state index contributed by atoms with van der Waals surface area (Å²) >= 11 is 0. The molecule has 21 heavy (non-hydrogen) atoms. The molecule has 0 bridgehead atoms. The van der Waals surface area contributed by atoms with Crippen LogP contribution in [0.25, 0.3) is 0 Å². The Hall–Kier alpha value is -1.80. The average molecular weight is 283 g/mol. The lowest BCUT2D eigenvalue weighted by Gasteiger charge is -2.22. The van der Waals surface area contributed by atoms with E-state index >= 15 is 0 Å². The van der Waals surface area contributed by atoms with E-state index < -0.39 is 0 Å². The third kappa shape index (κ3) is 3.85. The van der Waals surface area contributed by atoms with Gasteiger partial charge in [-0.3, -0.25) is 0 Å². The molecule has 0 saturated carbocycles. The van der Waals surface area contributed by atoms with Gasteiger partial charge in [0.1, 0.15) is 5.75 Å². The summed E-state index contributed by atoms with van der Waals surface area (Å²) in [5.41, 5.74) is 5.01. The van der Waals surface area contributed by atoms with Gasteiger partial charge in [0.2, 0.25) is 0 Å². The third-order valence-electron chi connectivity index (χ3n) is 3.93. The van der Waals surface area contributed by atoms with Crippen molar-refractivity contribution >= 4 is 0 Å². The summed E-state index contributed by atoms with van der Waals surface area (Å²) in [4.78, 5) is 0. The van der Waals surface area contributed by atoms with E-state index in [1.165, 1.54) is 22.3 Å². The summed E-state index contributed by atoms with van der Waals surface area (Å²) in [6.45, 7) is 8.57. The lowest BCUT2D eigenvalue weighted by molar-refractivity contribution is 0.396. The molecule has 0 aliphatic carbocycles. The second-order valence-electron chi connectivity index (χ2n) is 5.77. The molecule has 0 fully saturated rings. The zero-order valence-electron chi connectivity index (χ0n) is 13.6. The van der Waals surface area contributed by atoms with Crippen LogP contribution in [0.3, 0.4) is 0 Å². The molecule has 1 unspecified atom stereocenters. The first kappa shape index (κ1) is 15.6. The van der Waals surface area contributed by atoms with E-state index in [0.717, 1.165) is 5.75 Å². The van der Waals surface area contributed by atoms with Crippen molar-refractivity contribution in [3.05, 3.63) is 64.7 Å². The van der Waals surface area contributed by atoms with Gasteiger partial charge in [0.25, 0.3) is 0 Å². The minimum Gasteiger partial charge on any atom is -0.496 e. The van der Waals surface area contributed by atoms with Crippen molar-refractivity contribution in [2.75, 3.05) is 7.11 Å². The highest BCUT2D eigenvalue weighted by Gasteiger charge is 2.14. The molecule has 0 radical (unpaired) electrons. The van der Waals surface area contributed by atoms with Gasteiger partial charge in [0, 0.05) is 17.6 Å². The number of hydrogen-bond acceptors (Lipinski definition) is 2. The molecule has 2 atom stereocenters. The fraction of sp³-hybridized carbons (Fsp3) is 0.368. The van der Waals surface area contributed by atoms with E-state index in [4.69, 9.17) is 4.74 Å². The summed E-state index contributed by atoms with van der Waals surface area (Å²) in [6, 6.07) is 15.6. The van der Waals surface area contributed by atoms with Gasteiger partial charge in [-0.1, -0.05) is 42.0 Å². The fourth-order valence-electron chi connectivity index (χ4n) is 2.59. The predicted molar refractivity (Wildman–Crippen MR) is 88.9 cm³/mol.